The van der Waals surface area contributed by atoms with E-state index < -0.39 is 9.84 Å². The molecule has 0 saturated carbocycles. The number of sulfone groups is 1. The van der Waals surface area contributed by atoms with Crippen LogP contribution in [0.3, 0.4) is 0 Å². The third-order valence-corrected chi connectivity index (χ3v) is 5.71. The van der Waals surface area contributed by atoms with E-state index >= 15 is 0 Å². The molecule has 1 aromatic rings. The fraction of sp³-hybridized carbons (Fsp3) is 0.429. The van der Waals surface area contributed by atoms with Gasteiger partial charge in [0.2, 0.25) is 9.84 Å². The molecule has 1 fully saturated rings. The summed E-state index contributed by atoms with van der Waals surface area (Å²) in [6.45, 7) is 2.90. The van der Waals surface area contributed by atoms with Gasteiger partial charge in [-0.15, -0.1) is 0 Å². The van der Waals surface area contributed by atoms with Crippen molar-refractivity contribution in [2.24, 2.45) is 5.73 Å². The molecule has 2 aliphatic rings. The van der Waals surface area contributed by atoms with Crippen LogP contribution in [0.4, 0.5) is 0 Å². The van der Waals surface area contributed by atoms with Crippen molar-refractivity contribution in [3.8, 4) is 0 Å². The van der Waals surface area contributed by atoms with Crippen molar-refractivity contribution in [3.05, 3.63) is 34.2 Å². The highest BCUT2D eigenvalue weighted by molar-refractivity contribution is 7.95. The number of hydrogen-bond donors (Lipinski definition) is 1. The molecule has 0 aliphatic carbocycles. The average Bonchev–Trinajstić information content (AvgIpc) is 2.98. The Morgan fingerprint density at radius 1 is 1.21 bits per heavy atom. The maximum absolute atomic E-state index is 12.5. The van der Waals surface area contributed by atoms with E-state index in [2.05, 4.69) is 4.90 Å². The summed E-state index contributed by atoms with van der Waals surface area (Å²) in [6, 6.07) is 5.45. The zero-order valence-electron chi connectivity index (χ0n) is 10.8. The molecule has 3 rings (SSSR count). The lowest BCUT2D eigenvalue weighted by molar-refractivity contribution is 0.374. The highest BCUT2D eigenvalue weighted by Crippen LogP contribution is 2.34. The van der Waals surface area contributed by atoms with Gasteiger partial charge in [-0.2, -0.15) is 0 Å². The third kappa shape index (κ3) is 2.22. The van der Waals surface area contributed by atoms with Crippen molar-refractivity contribution in [2.75, 3.05) is 19.6 Å². The Hall–Kier alpha value is -1.17. The van der Waals surface area contributed by atoms with Crippen LogP contribution >= 0.6 is 0 Å². The van der Waals surface area contributed by atoms with Gasteiger partial charge < -0.3 is 5.73 Å². The van der Waals surface area contributed by atoms with Crippen LogP contribution in [0.15, 0.2) is 28.0 Å². The summed E-state index contributed by atoms with van der Waals surface area (Å²) in [7, 11) is -3.30. The van der Waals surface area contributed by atoms with Crippen molar-refractivity contribution in [1.29, 1.82) is 0 Å². The summed E-state index contributed by atoms with van der Waals surface area (Å²) in [4.78, 5) is 3.15. The molecule has 2 aliphatic heterocycles. The Bertz CT molecular complexity index is 629. The largest absolute Gasteiger partial charge is 0.326 e. The molecule has 5 heteroatoms. The number of likely N-dealkylation sites (tertiary alicyclic amines) is 1. The number of hydrogen-bond acceptors (Lipinski definition) is 4. The predicted molar refractivity (Wildman–Crippen MR) is 75.2 cm³/mol. The minimum atomic E-state index is -3.30. The van der Waals surface area contributed by atoms with E-state index in [0.29, 0.717) is 22.9 Å². The van der Waals surface area contributed by atoms with Gasteiger partial charge in [0, 0.05) is 13.1 Å². The minimum absolute atomic E-state index is 0.365. The Morgan fingerprint density at radius 3 is 2.63 bits per heavy atom. The molecule has 0 unspecified atom stereocenters. The summed E-state index contributed by atoms with van der Waals surface area (Å²) in [6.07, 6.45) is 4.14. The van der Waals surface area contributed by atoms with Gasteiger partial charge in [-0.05, 0) is 49.2 Å². The molecule has 1 saturated heterocycles. The lowest BCUT2D eigenvalue weighted by atomic mass is 10.1. The number of benzene rings is 1. The lowest BCUT2D eigenvalue weighted by Crippen LogP contribution is -2.24. The zero-order valence-corrected chi connectivity index (χ0v) is 11.6. The summed E-state index contributed by atoms with van der Waals surface area (Å²) < 4.78 is 25.0. The lowest BCUT2D eigenvalue weighted by Gasteiger charge is -2.14. The highest BCUT2D eigenvalue weighted by atomic mass is 32.2. The van der Waals surface area contributed by atoms with Crippen molar-refractivity contribution in [1.82, 2.24) is 4.90 Å². The van der Waals surface area contributed by atoms with Gasteiger partial charge in [0.1, 0.15) is 0 Å². The number of rotatable bonds is 3. The standard InChI is InChI=1S/C14H18N2O2S/c15-9-11-3-4-12-8-13(10-16-5-1-2-6-16)19(17,18)14(12)7-11/h3-4,7-8H,1-2,5-6,9-10,15H2. The normalized spacial score (nSPS) is 21.4. The molecular weight excluding hydrogens is 260 g/mol. The van der Waals surface area contributed by atoms with Crippen LogP contribution in [0.2, 0.25) is 0 Å². The van der Waals surface area contributed by atoms with Gasteiger partial charge in [0.05, 0.1) is 9.80 Å². The first-order chi connectivity index (χ1) is 9.11. The van der Waals surface area contributed by atoms with Crippen LogP contribution in [0, 0.1) is 0 Å². The first kappa shape index (κ1) is 12.8. The van der Waals surface area contributed by atoms with Crippen LogP contribution < -0.4 is 5.73 Å². The molecule has 0 atom stereocenters. The molecule has 0 spiro atoms. The Kier molecular flexibility index (Phi) is 3.20. The molecule has 0 radical (unpaired) electrons. The van der Waals surface area contributed by atoms with Gasteiger partial charge in [0.15, 0.2) is 0 Å². The van der Waals surface area contributed by atoms with E-state index in [9.17, 15) is 8.42 Å². The fourth-order valence-corrected chi connectivity index (χ4v) is 4.40. The first-order valence-corrected chi connectivity index (χ1v) is 8.10. The molecule has 102 valence electrons. The zero-order chi connectivity index (χ0) is 13.5. The van der Waals surface area contributed by atoms with Crippen LogP contribution in [0.1, 0.15) is 24.0 Å². The molecule has 2 heterocycles. The Balaban J connectivity index is 1.93. The SMILES string of the molecule is NCc1ccc2c(c1)S(=O)(=O)C(CN1CCCC1)=C2. The molecule has 4 nitrogen and oxygen atoms in total. The van der Waals surface area contributed by atoms with E-state index in [-0.39, 0.29) is 0 Å². The van der Waals surface area contributed by atoms with Crippen molar-refractivity contribution >= 4 is 15.9 Å². The first-order valence-electron chi connectivity index (χ1n) is 6.62. The van der Waals surface area contributed by atoms with E-state index in [1.54, 1.807) is 6.07 Å². The molecule has 0 aromatic heterocycles. The van der Waals surface area contributed by atoms with Crippen LogP contribution in [0.25, 0.3) is 6.08 Å². The van der Waals surface area contributed by atoms with Gasteiger partial charge in [-0.25, -0.2) is 8.42 Å². The maximum Gasteiger partial charge on any atom is 0.204 e. The van der Waals surface area contributed by atoms with E-state index in [4.69, 9.17) is 5.73 Å². The third-order valence-electron chi connectivity index (χ3n) is 3.84. The molecule has 2 N–H and O–H groups in total. The van der Waals surface area contributed by atoms with Crippen LogP contribution in [0.5, 0.6) is 0 Å². The Morgan fingerprint density at radius 2 is 1.95 bits per heavy atom. The van der Waals surface area contributed by atoms with Gasteiger partial charge in [-0.3, -0.25) is 4.90 Å². The summed E-state index contributed by atoms with van der Waals surface area (Å²) in [5.74, 6) is 0. The Labute approximate surface area is 113 Å². The van der Waals surface area contributed by atoms with E-state index in [1.807, 2.05) is 18.2 Å². The molecule has 19 heavy (non-hydrogen) atoms. The number of fused-ring (bicyclic) bond motifs is 1. The molecule has 0 bridgehead atoms. The van der Waals surface area contributed by atoms with Crippen molar-refractivity contribution in [3.63, 3.8) is 0 Å². The topological polar surface area (TPSA) is 63.4 Å². The summed E-state index contributed by atoms with van der Waals surface area (Å²) >= 11 is 0. The maximum atomic E-state index is 12.5. The minimum Gasteiger partial charge on any atom is -0.326 e. The second-order valence-corrected chi connectivity index (χ2v) is 7.14. The highest BCUT2D eigenvalue weighted by Gasteiger charge is 2.31. The van der Waals surface area contributed by atoms with Crippen molar-refractivity contribution in [2.45, 2.75) is 24.3 Å². The fourth-order valence-electron chi connectivity index (χ4n) is 2.74. The molecule has 1 aromatic carbocycles. The van der Waals surface area contributed by atoms with Gasteiger partial charge in [0.25, 0.3) is 0 Å². The quantitative estimate of drug-likeness (QED) is 0.907. The van der Waals surface area contributed by atoms with Crippen molar-refractivity contribution < 1.29 is 8.42 Å². The summed E-state index contributed by atoms with van der Waals surface area (Å²) in [5.41, 5.74) is 7.24. The van der Waals surface area contributed by atoms with E-state index in [1.165, 1.54) is 0 Å². The second-order valence-electron chi connectivity index (χ2n) is 5.17. The second kappa shape index (κ2) is 4.74. The molecule has 0 amide bonds. The number of nitrogens with zero attached hydrogens (tertiary/aromatic N) is 1. The monoisotopic (exact) mass is 278 g/mol. The van der Waals surface area contributed by atoms with Crippen LogP contribution in [-0.2, 0) is 16.4 Å². The average molecular weight is 278 g/mol. The number of nitrogens with two attached hydrogens (primary N) is 1. The van der Waals surface area contributed by atoms with E-state index in [0.717, 1.165) is 37.1 Å². The van der Waals surface area contributed by atoms with Crippen LogP contribution in [-0.4, -0.2) is 33.0 Å². The van der Waals surface area contributed by atoms with Gasteiger partial charge in [-0.1, -0.05) is 12.1 Å². The summed E-state index contributed by atoms with van der Waals surface area (Å²) in [5, 5.41) is 0. The van der Waals surface area contributed by atoms with Gasteiger partial charge >= 0.3 is 0 Å². The predicted octanol–water partition coefficient (Wildman–Crippen LogP) is 1.37. The molecular formula is C14H18N2O2S. The smallest absolute Gasteiger partial charge is 0.204 e.